The molecule has 2 aromatic rings. The molecule has 0 radical (unpaired) electrons. The molecule has 1 heterocycles. The van der Waals surface area contributed by atoms with Crippen molar-refractivity contribution in [2.45, 2.75) is 13.8 Å². The fraction of sp³-hybridized carbons (Fsp3) is 0.278. The van der Waals surface area contributed by atoms with Gasteiger partial charge < -0.3 is 9.47 Å². The molecule has 0 unspecified atom stereocenters. The average Bonchev–Trinajstić information content (AvgIpc) is 3.01. The first kappa shape index (κ1) is 13.7. The highest BCUT2D eigenvalue weighted by atomic mass is 16.5. The maximum Gasteiger partial charge on any atom is 0.216 e. The Morgan fingerprint density at radius 3 is 2.29 bits per heavy atom. The highest BCUT2D eigenvalue weighted by Gasteiger charge is 2.16. The Kier molecular flexibility index (Phi) is 3.65. The van der Waals surface area contributed by atoms with Crippen molar-refractivity contribution in [1.29, 1.82) is 0 Å². The molecule has 0 atom stereocenters. The standard InChI is InChI=1S/C18H19NO2/c1-12-10-14(11-13(2)17(12)20-3)15-6-4-5-7-16(15)18-19-8-9-21-18/h4-7,10-11H,8-9H2,1-3H3. The summed E-state index contributed by atoms with van der Waals surface area (Å²) in [5, 5.41) is 0. The Balaban J connectivity index is 2.13. The fourth-order valence-electron chi connectivity index (χ4n) is 2.85. The minimum Gasteiger partial charge on any atom is -0.496 e. The van der Waals surface area contributed by atoms with E-state index in [1.54, 1.807) is 7.11 Å². The van der Waals surface area contributed by atoms with Crippen molar-refractivity contribution >= 4 is 5.90 Å². The van der Waals surface area contributed by atoms with Crippen molar-refractivity contribution < 1.29 is 9.47 Å². The smallest absolute Gasteiger partial charge is 0.216 e. The van der Waals surface area contributed by atoms with Crippen LogP contribution in [0.1, 0.15) is 16.7 Å². The van der Waals surface area contributed by atoms with Gasteiger partial charge in [0.1, 0.15) is 12.4 Å². The summed E-state index contributed by atoms with van der Waals surface area (Å²) in [4.78, 5) is 4.44. The lowest BCUT2D eigenvalue weighted by Gasteiger charge is -2.14. The van der Waals surface area contributed by atoms with Crippen LogP contribution in [0, 0.1) is 13.8 Å². The van der Waals surface area contributed by atoms with Gasteiger partial charge in [-0.05, 0) is 54.3 Å². The van der Waals surface area contributed by atoms with E-state index in [-0.39, 0.29) is 0 Å². The Morgan fingerprint density at radius 1 is 1.05 bits per heavy atom. The van der Waals surface area contributed by atoms with Crippen molar-refractivity contribution in [3.05, 3.63) is 53.1 Å². The molecule has 0 spiro atoms. The van der Waals surface area contributed by atoms with Gasteiger partial charge in [0.2, 0.25) is 5.90 Å². The van der Waals surface area contributed by atoms with Crippen molar-refractivity contribution in [3.8, 4) is 16.9 Å². The molecule has 3 nitrogen and oxygen atoms in total. The second-order valence-corrected chi connectivity index (χ2v) is 5.22. The number of ether oxygens (including phenoxy) is 2. The molecule has 0 saturated carbocycles. The number of hydrogen-bond acceptors (Lipinski definition) is 3. The summed E-state index contributed by atoms with van der Waals surface area (Å²) in [6.45, 7) is 5.55. The van der Waals surface area contributed by atoms with E-state index in [1.807, 2.05) is 12.1 Å². The number of hydrogen-bond donors (Lipinski definition) is 0. The number of nitrogens with zero attached hydrogens (tertiary/aromatic N) is 1. The zero-order valence-corrected chi connectivity index (χ0v) is 12.6. The Hall–Kier alpha value is -2.29. The van der Waals surface area contributed by atoms with Crippen molar-refractivity contribution in [2.24, 2.45) is 4.99 Å². The van der Waals surface area contributed by atoms with Gasteiger partial charge in [0.05, 0.1) is 13.7 Å². The third-order valence-corrected chi connectivity index (χ3v) is 3.72. The van der Waals surface area contributed by atoms with Crippen LogP contribution in [0.2, 0.25) is 0 Å². The lowest BCUT2D eigenvalue weighted by atomic mass is 9.96. The van der Waals surface area contributed by atoms with Gasteiger partial charge in [-0.2, -0.15) is 0 Å². The van der Waals surface area contributed by atoms with Gasteiger partial charge in [-0.15, -0.1) is 0 Å². The minimum atomic E-state index is 0.671. The molecule has 0 saturated heterocycles. The molecule has 0 aromatic heterocycles. The van der Waals surface area contributed by atoms with Crippen LogP contribution in [0.25, 0.3) is 11.1 Å². The van der Waals surface area contributed by atoms with Gasteiger partial charge in [0, 0.05) is 5.56 Å². The van der Waals surface area contributed by atoms with Crippen LogP contribution in [0.4, 0.5) is 0 Å². The molecular weight excluding hydrogens is 262 g/mol. The van der Waals surface area contributed by atoms with Crippen LogP contribution in [-0.4, -0.2) is 26.2 Å². The summed E-state index contributed by atoms with van der Waals surface area (Å²) < 4.78 is 11.1. The quantitative estimate of drug-likeness (QED) is 0.857. The zero-order valence-electron chi connectivity index (χ0n) is 12.6. The first-order chi connectivity index (χ1) is 10.2. The first-order valence-electron chi connectivity index (χ1n) is 7.13. The van der Waals surface area contributed by atoms with Crippen LogP contribution >= 0.6 is 0 Å². The van der Waals surface area contributed by atoms with E-state index in [0.29, 0.717) is 6.61 Å². The summed E-state index contributed by atoms with van der Waals surface area (Å²) >= 11 is 0. The van der Waals surface area contributed by atoms with Gasteiger partial charge >= 0.3 is 0 Å². The maximum absolute atomic E-state index is 5.63. The monoisotopic (exact) mass is 281 g/mol. The van der Waals surface area contributed by atoms with Gasteiger partial charge in [0.15, 0.2) is 0 Å². The summed E-state index contributed by atoms with van der Waals surface area (Å²) in [5.41, 5.74) is 5.64. The molecule has 3 heteroatoms. The second-order valence-electron chi connectivity index (χ2n) is 5.22. The zero-order chi connectivity index (χ0) is 14.8. The molecule has 3 rings (SSSR count). The molecule has 1 aliphatic heterocycles. The number of aliphatic imine (C=N–C) groups is 1. The maximum atomic E-state index is 5.63. The SMILES string of the molecule is COc1c(C)cc(-c2ccccc2C2=NCCO2)cc1C. The van der Waals surface area contributed by atoms with Crippen LogP contribution < -0.4 is 4.74 Å². The molecule has 0 fully saturated rings. The lowest BCUT2D eigenvalue weighted by Crippen LogP contribution is -2.03. The predicted octanol–water partition coefficient (Wildman–Crippen LogP) is 3.76. The van der Waals surface area contributed by atoms with Gasteiger partial charge in [0.25, 0.3) is 0 Å². The number of aryl methyl sites for hydroxylation is 2. The molecular formula is C18H19NO2. The molecule has 108 valence electrons. The van der Waals surface area contributed by atoms with Crippen LogP contribution in [0.5, 0.6) is 5.75 Å². The highest BCUT2D eigenvalue weighted by molar-refractivity contribution is 6.01. The average molecular weight is 281 g/mol. The number of rotatable bonds is 3. The summed E-state index contributed by atoms with van der Waals surface area (Å²) in [7, 11) is 1.71. The predicted molar refractivity (Wildman–Crippen MR) is 85.3 cm³/mol. The van der Waals surface area contributed by atoms with E-state index < -0.39 is 0 Å². The van der Waals surface area contributed by atoms with Crippen molar-refractivity contribution in [2.75, 3.05) is 20.3 Å². The third-order valence-electron chi connectivity index (χ3n) is 3.72. The Morgan fingerprint density at radius 2 is 1.71 bits per heavy atom. The first-order valence-corrected chi connectivity index (χ1v) is 7.13. The van der Waals surface area contributed by atoms with Crippen molar-refractivity contribution in [3.63, 3.8) is 0 Å². The van der Waals surface area contributed by atoms with E-state index in [4.69, 9.17) is 9.47 Å². The fourth-order valence-corrected chi connectivity index (χ4v) is 2.85. The summed E-state index contributed by atoms with van der Waals surface area (Å²) in [6, 6.07) is 12.5. The van der Waals surface area contributed by atoms with Crippen LogP contribution in [0.3, 0.4) is 0 Å². The molecule has 0 bridgehead atoms. The minimum absolute atomic E-state index is 0.671. The summed E-state index contributed by atoms with van der Waals surface area (Å²) in [5.74, 6) is 1.70. The largest absolute Gasteiger partial charge is 0.496 e. The van der Waals surface area contributed by atoms with Gasteiger partial charge in [-0.25, -0.2) is 4.99 Å². The van der Waals surface area contributed by atoms with E-state index in [2.05, 4.69) is 43.1 Å². The van der Waals surface area contributed by atoms with E-state index in [9.17, 15) is 0 Å². The molecule has 0 amide bonds. The molecule has 21 heavy (non-hydrogen) atoms. The number of benzene rings is 2. The Bertz CT molecular complexity index is 681. The normalized spacial score (nSPS) is 13.8. The van der Waals surface area contributed by atoms with Crippen molar-refractivity contribution in [1.82, 2.24) is 0 Å². The van der Waals surface area contributed by atoms with Gasteiger partial charge in [-0.1, -0.05) is 18.2 Å². The Labute approximate surface area is 125 Å². The van der Waals surface area contributed by atoms with E-state index in [1.165, 1.54) is 5.56 Å². The molecule has 0 N–H and O–H groups in total. The molecule has 1 aliphatic rings. The van der Waals surface area contributed by atoms with E-state index >= 15 is 0 Å². The lowest BCUT2D eigenvalue weighted by molar-refractivity contribution is 0.348. The second kappa shape index (κ2) is 5.60. The van der Waals surface area contributed by atoms with Crippen LogP contribution in [-0.2, 0) is 4.74 Å². The van der Waals surface area contributed by atoms with Gasteiger partial charge in [-0.3, -0.25) is 0 Å². The topological polar surface area (TPSA) is 30.8 Å². The molecule has 2 aromatic carbocycles. The highest BCUT2D eigenvalue weighted by Crippen LogP contribution is 2.32. The van der Waals surface area contributed by atoms with E-state index in [0.717, 1.165) is 40.4 Å². The third kappa shape index (κ3) is 2.51. The molecule has 0 aliphatic carbocycles. The summed E-state index contributed by atoms with van der Waals surface area (Å²) in [6.07, 6.45) is 0. The van der Waals surface area contributed by atoms with Crippen LogP contribution in [0.15, 0.2) is 41.4 Å². The number of methoxy groups -OCH3 is 1.